The standard InChI is InChI=1S/C11H14N2O2/c1-6-5-7(2)12-10(14)9(6)11(15)13-8-3-4-8/h5,8H,3-4H2,1-2H3,(H,12,14)(H,13,15). The summed E-state index contributed by atoms with van der Waals surface area (Å²) in [7, 11) is 0. The monoisotopic (exact) mass is 206 g/mol. The first-order chi connectivity index (χ1) is 7.08. The fourth-order valence-electron chi connectivity index (χ4n) is 1.62. The van der Waals surface area contributed by atoms with Gasteiger partial charge < -0.3 is 10.3 Å². The molecule has 1 aromatic rings. The number of aryl methyl sites for hydroxylation is 2. The Balaban J connectivity index is 2.33. The average molecular weight is 206 g/mol. The van der Waals surface area contributed by atoms with Gasteiger partial charge >= 0.3 is 0 Å². The highest BCUT2D eigenvalue weighted by Crippen LogP contribution is 2.19. The topological polar surface area (TPSA) is 62.0 Å². The molecule has 1 aromatic heterocycles. The van der Waals surface area contributed by atoms with Gasteiger partial charge in [0.25, 0.3) is 11.5 Å². The van der Waals surface area contributed by atoms with Gasteiger partial charge in [0.05, 0.1) is 0 Å². The summed E-state index contributed by atoms with van der Waals surface area (Å²) in [5.41, 5.74) is 1.45. The molecule has 1 heterocycles. The number of carbonyl (C=O) groups excluding carboxylic acids is 1. The number of amides is 1. The lowest BCUT2D eigenvalue weighted by molar-refractivity contribution is 0.0949. The van der Waals surface area contributed by atoms with Crippen molar-refractivity contribution in [1.29, 1.82) is 0 Å². The van der Waals surface area contributed by atoms with Crippen molar-refractivity contribution in [3.63, 3.8) is 0 Å². The average Bonchev–Trinajstić information content (AvgIpc) is 2.85. The molecule has 0 spiro atoms. The van der Waals surface area contributed by atoms with Crippen molar-refractivity contribution in [1.82, 2.24) is 10.3 Å². The van der Waals surface area contributed by atoms with Crippen molar-refractivity contribution in [2.24, 2.45) is 0 Å². The molecule has 1 aliphatic rings. The third kappa shape index (κ3) is 2.09. The predicted octanol–water partition coefficient (Wildman–Crippen LogP) is 0.884. The molecule has 0 atom stereocenters. The zero-order chi connectivity index (χ0) is 11.0. The predicted molar refractivity (Wildman–Crippen MR) is 57.0 cm³/mol. The smallest absolute Gasteiger partial charge is 0.261 e. The molecule has 1 amide bonds. The Morgan fingerprint density at radius 3 is 2.67 bits per heavy atom. The van der Waals surface area contributed by atoms with Crippen LogP contribution in [0.1, 0.15) is 34.5 Å². The van der Waals surface area contributed by atoms with Crippen molar-refractivity contribution < 1.29 is 4.79 Å². The first-order valence-corrected chi connectivity index (χ1v) is 5.09. The van der Waals surface area contributed by atoms with Gasteiger partial charge in [0, 0.05) is 11.7 Å². The maximum absolute atomic E-state index is 11.7. The summed E-state index contributed by atoms with van der Waals surface area (Å²) in [6.07, 6.45) is 2.04. The van der Waals surface area contributed by atoms with E-state index in [2.05, 4.69) is 10.3 Å². The van der Waals surface area contributed by atoms with E-state index in [0.29, 0.717) is 0 Å². The number of hydrogen-bond donors (Lipinski definition) is 2. The van der Waals surface area contributed by atoms with Crippen LogP contribution in [0.5, 0.6) is 0 Å². The normalized spacial score (nSPS) is 15.1. The minimum atomic E-state index is -0.300. The van der Waals surface area contributed by atoms with Crippen molar-refractivity contribution in [2.75, 3.05) is 0 Å². The van der Waals surface area contributed by atoms with Gasteiger partial charge in [-0.3, -0.25) is 9.59 Å². The van der Waals surface area contributed by atoms with E-state index in [4.69, 9.17) is 0 Å². The van der Waals surface area contributed by atoms with Gasteiger partial charge in [-0.05, 0) is 38.3 Å². The van der Waals surface area contributed by atoms with Gasteiger partial charge in [-0.2, -0.15) is 0 Å². The Kier molecular flexibility index (Phi) is 2.34. The first-order valence-electron chi connectivity index (χ1n) is 5.09. The Bertz CT molecular complexity index is 458. The zero-order valence-electron chi connectivity index (χ0n) is 8.89. The van der Waals surface area contributed by atoms with Gasteiger partial charge in [0.1, 0.15) is 5.56 Å². The number of carbonyl (C=O) groups is 1. The van der Waals surface area contributed by atoms with E-state index >= 15 is 0 Å². The lowest BCUT2D eigenvalue weighted by Crippen LogP contribution is -2.32. The van der Waals surface area contributed by atoms with Crippen LogP contribution >= 0.6 is 0 Å². The molecule has 0 aromatic carbocycles. The van der Waals surface area contributed by atoms with Crippen LogP contribution in [0.3, 0.4) is 0 Å². The van der Waals surface area contributed by atoms with E-state index < -0.39 is 0 Å². The number of rotatable bonds is 2. The van der Waals surface area contributed by atoms with Crippen LogP contribution in [-0.4, -0.2) is 16.9 Å². The molecule has 0 bridgehead atoms. The number of pyridine rings is 1. The van der Waals surface area contributed by atoms with Crippen LogP contribution in [0, 0.1) is 13.8 Å². The van der Waals surface area contributed by atoms with E-state index in [1.165, 1.54) is 0 Å². The van der Waals surface area contributed by atoms with Gasteiger partial charge in [-0.15, -0.1) is 0 Å². The van der Waals surface area contributed by atoms with E-state index in [1.807, 2.05) is 6.07 Å². The largest absolute Gasteiger partial charge is 0.349 e. The van der Waals surface area contributed by atoms with Gasteiger partial charge in [-0.1, -0.05) is 0 Å². The number of aromatic nitrogens is 1. The van der Waals surface area contributed by atoms with Crippen molar-refractivity contribution >= 4 is 5.91 Å². The molecule has 4 heteroatoms. The molecule has 0 saturated heterocycles. The molecule has 0 aliphatic heterocycles. The van der Waals surface area contributed by atoms with E-state index in [9.17, 15) is 9.59 Å². The maximum Gasteiger partial charge on any atom is 0.261 e. The summed E-state index contributed by atoms with van der Waals surface area (Å²) in [6.45, 7) is 3.58. The summed E-state index contributed by atoms with van der Waals surface area (Å²) in [5, 5.41) is 2.81. The molecule has 0 unspecified atom stereocenters. The molecule has 15 heavy (non-hydrogen) atoms. The molecule has 1 fully saturated rings. The molecular formula is C11H14N2O2. The molecule has 0 radical (unpaired) electrons. The van der Waals surface area contributed by atoms with Crippen LogP contribution in [0.15, 0.2) is 10.9 Å². The second kappa shape index (κ2) is 3.53. The highest BCUT2D eigenvalue weighted by atomic mass is 16.2. The minimum absolute atomic E-state index is 0.243. The van der Waals surface area contributed by atoms with Crippen LogP contribution in [0.2, 0.25) is 0 Å². The number of aromatic amines is 1. The molecule has 2 N–H and O–H groups in total. The second-order valence-electron chi connectivity index (χ2n) is 4.09. The van der Waals surface area contributed by atoms with Crippen LogP contribution < -0.4 is 10.9 Å². The third-order valence-corrected chi connectivity index (χ3v) is 2.50. The van der Waals surface area contributed by atoms with E-state index in [1.54, 1.807) is 13.8 Å². The van der Waals surface area contributed by atoms with E-state index in [0.717, 1.165) is 24.1 Å². The third-order valence-electron chi connectivity index (χ3n) is 2.50. The van der Waals surface area contributed by atoms with Crippen LogP contribution in [-0.2, 0) is 0 Å². The number of H-pyrrole nitrogens is 1. The lowest BCUT2D eigenvalue weighted by Gasteiger charge is -2.06. The van der Waals surface area contributed by atoms with Crippen molar-refractivity contribution in [2.45, 2.75) is 32.7 Å². The van der Waals surface area contributed by atoms with E-state index in [-0.39, 0.29) is 23.1 Å². The lowest BCUT2D eigenvalue weighted by atomic mass is 10.1. The SMILES string of the molecule is Cc1cc(C)c(C(=O)NC2CC2)c(=O)[nH]1. The Labute approximate surface area is 87.7 Å². The molecule has 2 rings (SSSR count). The zero-order valence-corrected chi connectivity index (χ0v) is 8.89. The highest BCUT2D eigenvalue weighted by Gasteiger charge is 2.25. The van der Waals surface area contributed by atoms with Gasteiger partial charge in [0.15, 0.2) is 0 Å². The van der Waals surface area contributed by atoms with Crippen LogP contribution in [0.4, 0.5) is 0 Å². The number of nitrogens with one attached hydrogen (secondary N) is 2. The van der Waals surface area contributed by atoms with Crippen molar-refractivity contribution in [3.05, 3.63) is 33.2 Å². The first kappa shape index (κ1) is 9.96. The minimum Gasteiger partial charge on any atom is -0.349 e. The highest BCUT2D eigenvalue weighted by molar-refractivity contribution is 5.95. The summed E-state index contributed by atoms with van der Waals surface area (Å²) < 4.78 is 0. The fourth-order valence-corrected chi connectivity index (χ4v) is 1.62. The summed E-state index contributed by atoms with van der Waals surface area (Å²) in [6, 6.07) is 2.08. The molecule has 80 valence electrons. The van der Waals surface area contributed by atoms with Gasteiger partial charge in [0.2, 0.25) is 0 Å². The summed E-state index contributed by atoms with van der Waals surface area (Å²) in [5.74, 6) is -0.253. The van der Waals surface area contributed by atoms with Crippen molar-refractivity contribution in [3.8, 4) is 0 Å². The molecule has 1 aliphatic carbocycles. The quantitative estimate of drug-likeness (QED) is 0.754. The Morgan fingerprint density at radius 2 is 2.13 bits per heavy atom. The number of hydrogen-bond acceptors (Lipinski definition) is 2. The maximum atomic E-state index is 11.7. The van der Waals surface area contributed by atoms with Crippen LogP contribution in [0.25, 0.3) is 0 Å². The fraction of sp³-hybridized carbons (Fsp3) is 0.455. The molecule has 4 nitrogen and oxygen atoms in total. The summed E-state index contributed by atoms with van der Waals surface area (Å²) in [4.78, 5) is 25.9. The summed E-state index contributed by atoms with van der Waals surface area (Å²) >= 11 is 0. The molecular weight excluding hydrogens is 192 g/mol. The Morgan fingerprint density at radius 1 is 1.47 bits per heavy atom. The Hall–Kier alpha value is -1.58. The molecule has 1 saturated carbocycles. The second-order valence-corrected chi connectivity index (χ2v) is 4.09. The van der Waals surface area contributed by atoms with Gasteiger partial charge in [-0.25, -0.2) is 0 Å².